The van der Waals surface area contributed by atoms with Gasteiger partial charge in [0, 0.05) is 23.5 Å². The molecule has 0 spiro atoms. The van der Waals surface area contributed by atoms with Crippen molar-refractivity contribution in [2.24, 2.45) is 11.5 Å². The molecule has 0 saturated carbocycles. The predicted molar refractivity (Wildman–Crippen MR) is 99.4 cm³/mol. The Labute approximate surface area is 144 Å². The highest BCUT2D eigenvalue weighted by molar-refractivity contribution is 6.07. The third kappa shape index (κ3) is 3.76. The fraction of sp³-hybridized carbons (Fsp3) is 0.0526. The van der Waals surface area contributed by atoms with Gasteiger partial charge in [-0.25, -0.2) is 4.79 Å². The average molecular weight is 334 g/mol. The molecule has 0 unspecified atom stereocenters. The van der Waals surface area contributed by atoms with E-state index in [1.54, 1.807) is 30.3 Å². The number of benzene rings is 3. The van der Waals surface area contributed by atoms with Crippen molar-refractivity contribution in [3.05, 3.63) is 71.8 Å². The summed E-state index contributed by atoms with van der Waals surface area (Å²) in [5, 5.41) is 7.28. The fourth-order valence-electron chi connectivity index (χ4n) is 2.68. The summed E-state index contributed by atoms with van der Waals surface area (Å²) in [5.41, 5.74) is 13.5. The summed E-state index contributed by atoms with van der Waals surface area (Å²) < 4.78 is 0. The summed E-state index contributed by atoms with van der Waals surface area (Å²) in [5.74, 6) is -0.245. The second-order valence-corrected chi connectivity index (χ2v) is 5.58. The molecule has 0 bridgehead atoms. The quantitative estimate of drug-likeness (QED) is 0.588. The van der Waals surface area contributed by atoms with Crippen molar-refractivity contribution < 1.29 is 9.59 Å². The molecular formula is C19H18N4O2. The molecule has 3 amide bonds. The van der Waals surface area contributed by atoms with Crippen LogP contribution in [0.1, 0.15) is 15.9 Å². The van der Waals surface area contributed by atoms with Crippen LogP contribution in [0.5, 0.6) is 0 Å². The van der Waals surface area contributed by atoms with E-state index in [1.807, 2.05) is 30.3 Å². The van der Waals surface area contributed by atoms with Crippen molar-refractivity contribution in [2.75, 3.05) is 10.6 Å². The Balaban J connectivity index is 1.86. The zero-order chi connectivity index (χ0) is 17.8. The van der Waals surface area contributed by atoms with Crippen molar-refractivity contribution in [3.63, 3.8) is 0 Å². The van der Waals surface area contributed by atoms with Crippen LogP contribution in [0.4, 0.5) is 16.2 Å². The van der Waals surface area contributed by atoms with Gasteiger partial charge in [-0.1, -0.05) is 30.3 Å². The Morgan fingerprint density at radius 2 is 1.60 bits per heavy atom. The maximum atomic E-state index is 12.5. The molecule has 3 rings (SSSR count). The Hall–Kier alpha value is -3.38. The van der Waals surface area contributed by atoms with Crippen LogP contribution in [0.3, 0.4) is 0 Å². The van der Waals surface area contributed by atoms with Crippen molar-refractivity contribution in [2.45, 2.75) is 6.54 Å². The molecule has 3 aromatic rings. The normalized spacial score (nSPS) is 10.4. The van der Waals surface area contributed by atoms with Crippen molar-refractivity contribution >= 4 is 34.1 Å². The monoisotopic (exact) mass is 334 g/mol. The largest absolute Gasteiger partial charge is 0.351 e. The molecule has 126 valence electrons. The second kappa shape index (κ2) is 7.02. The molecule has 0 fully saturated rings. The van der Waals surface area contributed by atoms with Gasteiger partial charge in [0.05, 0.1) is 0 Å². The third-order valence-electron chi connectivity index (χ3n) is 3.84. The van der Waals surface area contributed by atoms with E-state index in [0.717, 1.165) is 16.3 Å². The average Bonchev–Trinajstić information content (AvgIpc) is 2.60. The lowest BCUT2D eigenvalue weighted by Gasteiger charge is -2.10. The molecule has 0 aromatic heterocycles. The van der Waals surface area contributed by atoms with E-state index in [1.165, 1.54) is 0 Å². The van der Waals surface area contributed by atoms with Gasteiger partial charge in [-0.3, -0.25) is 4.79 Å². The number of urea groups is 1. The lowest BCUT2D eigenvalue weighted by Crippen LogP contribution is -2.19. The van der Waals surface area contributed by atoms with Crippen molar-refractivity contribution in [1.82, 2.24) is 0 Å². The standard InChI is InChI=1S/C19H18N4O2/c20-11-14-4-1-3-12-7-8-13(9-17(12)14)18(24)22-15-5-2-6-16(10-15)23-19(21)25/h1-10H,11,20H2,(H,22,24)(H3,21,23,25). The van der Waals surface area contributed by atoms with E-state index < -0.39 is 6.03 Å². The highest BCUT2D eigenvalue weighted by atomic mass is 16.2. The summed E-state index contributed by atoms with van der Waals surface area (Å²) in [6.45, 7) is 0.406. The van der Waals surface area contributed by atoms with Crippen LogP contribution in [-0.2, 0) is 6.54 Å². The smallest absolute Gasteiger partial charge is 0.316 e. The van der Waals surface area contributed by atoms with E-state index >= 15 is 0 Å². The summed E-state index contributed by atoms with van der Waals surface area (Å²) >= 11 is 0. The number of anilines is 2. The van der Waals surface area contributed by atoms with Gasteiger partial charge in [0.2, 0.25) is 0 Å². The molecule has 3 aromatic carbocycles. The number of carbonyl (C=O) groups excluding carboxylic acids is 2. The van der Waals surface area contributed by atoms with Gasteiger partial charge < -0.3 is 22.1 Å². The number of hydrogen-bond donors (Lipinski definition) is 4. The van der Waals surface area contributed by atoms with Crippen LogP contribution < -0.4 is 22.1 Å². The SMILES string of the molecule is NCc1cccc2ccc(C(=O)Nc3cccc(NC(N)=O)c3)cc12. The summed E-state index contributed by atoms with van der Waals surface area (Å²) in [6.07, 6.45) is 0. The summed E-state index contributed by atoms with van der Waals surface area (Å²) in [6, 6.07) is 17.5. The van der Waals surface area contributed by atoms with E-state index in [0.29, 0.717) is 23.5 Å². The van der Waals surface area contributed by atoms with E-state index in [-0.39, 0.29) is 5.91 Å². The Kier molecular flexibility index (Phi) is 4.63. The number of nitrogens with one attached hydrogen (secondary N) is 2. The summed E-state index contributed by atoms with van der Waals surface area (Å²) in [7, 11) is 0. The Morgan fingerprint density at radius 1 is 0.880 bits per heavy atom. The highest BCUT2D eigenvalue weighted by Gasteiger charge is 2.09. The molecule has 0 atom stereocenters. The maximum absolute atomic E-state index is 12.5. The first-order chi connectivity index (χ1) is 12.1. The molecule has 6 heteroatoms. The minimum Gasteiger partial charge on any atom is -0.351 e. The second-order valence-electron chi connectivity index (χ2n) is 5.58. The molecule has 6 nitrogen and oxygen atoms in total. The van der Waals surface area contributed by atoms with Gasteiger partial charge in [-0.2, -0.15) is 0 Å². The van der Waals surface area contributed by atoms with E-state index in [9.17, 15) is 9.59 Å². The Morgan fingerprint density at radius 3 is 2.32 bits per heavy atom. The minimum atomic E-state index is -0.660. The van der Waals surface area contributed by atoms with E-state index in [4.69, 9.17) is 11.5 Å². The zero-order valence-electron chi connectivity index (χ0n) is 13.5. The minimum absolute atomic E-state index is 0.245. The molecule has 0 aliphatic rings. The fourth-order valence-corrected chi connectivity index (χ4v) is 2.68. The lowest BCUT2D eigenvalue weighted by molar-refractivity contribution is 0.102. The van der Waals surface area contributed by atoms with Gasteiger partial charge in [-0.05, 0) is 46.7 Å². The number of primary amides is 1. The molecular weight excluding hydrogens is 316 g/mol. The number of carbonyl (C=O) groups is 2. The number of rotatable bonds is 4. The molecule has 0 aliphatic carbocycles. The van der Waals surface area contributed by atoms with Crippen LogP contribution in [0.2, 0.25) is 0 Å². The first-order valence-electron chi connectivity index (χ1n) is 7.76. The topological polar surface area (TPSA) is 110 Å². The van der Waals surface area contributed by atoms with Gasteiger partial charge in [0.1, 0.15) is 0 Å². The van der Waals surface area contributed by atoms with Gasteiger partial charge >= 0.3 is 6.03 Å². The molecule has 0 aliphatic heterocycles. The number of fused-ring (bicyclic) bond motifs is 1. The van der Waals surface area contributed by atoms with E-state index in [2.05, 4.69) is 10.6 Å². The third-order valence-corrected chi connectivity index (χ3v) is 3.84. The van der Waals surface area contributed by atoms with Crippen molar-refractivity contribution in [1.29, 1.82) is 0 Å². The van der Waals surface area contributed by atoms with Crippen LogP contribution in [-0.4, -0.2) is 11.9 Å². The molecule has 25 heavy (non-hydrogen) atoms. The van der Waals surface area contributed by atoms with Crippen LogP contribution >= 0.6 is 0 Å². The predicted octanol–water partition coefficient (Wildman–Crippen LogP) is 3.04. The lowest BCUT2D eigenvalue weighted by atomic mass is 10.0. The Bertz CT molecular complexity index is 953. The van der Waals surface area contributed by atoms with Gasteiger partial charge in [-0.15, -0.1) is 0 Å². The van der Waals surface area contributed by atoms with Crippen LogP contribution in [0, 0.1) is 0 Å². The van der Waals surface area contributed by atoms with Crippen LogP contribution in [0.15, 0.2) is 60.7 Å². The molecule has 0 heterocycles. The number of nitrogens with two attached hydrogens (primary N) is 2. The maximum Gasteiger partial charge on any atom is 0.316 e. The first-order valence-corrected chi connectivity index (χ1v) is 7.76. The van der Waals surface area contributed by atoms with Crippen molar-refractivity contribution in [3.8, 4) is 0 Å². The highest BCUT2D eigenvalue weighted by Crippen LogP contribution is 2.21. The van der Waals surface area contributed by atoms with Gasteiger partial charge in [0.25, 0.3) is 5.91 Å². The van der Waals surface area contributed by atoms with Crippen LogP contribution in [0.25, 0.3) is 10.8 Å². The van der Waals surface area contributed by atoms with Gasteiger partial charge in [0.15, 0.2) is 0 Å². The summed E-state index contributed by atoms with van der Waals surface area (Å²) in [4.78, 5) is 23.5. The number of amides is 3. The number of hydrogen-bond acceptors (Lipinski definition) is 3. The molecule has 0 radical (unpaired) electrons. The first kappa shape index (κ1) is 16.5. The molecule has 6 N–H and O–H groups in total. The zero-order valence-corrected chi connectivity index (χ0v) is 13.5. The molecule has 0 saturated heterocycles.